The zero-order chi connectivity index (χ0) is 14.1. The van der Waals surface area contributed by atoms with Crippen molar-refractivity contribution < 1.29 is 8.78 Å². The molecule has 0 radical (unpaired) electrons. The van der Waals surface area contributed by atoms with E-state index in [-0.39, 0.29) is 5.82 Å². The molecule has 3 nitrogen and oxygen atoms in total. The van der Waals surface area contributed by atoms with Gasteiger partial charge in [-0.05, 0) is 17.7 Å². The van der Waals surface area contributed by atoms with Gasteiger partial charge in [0, 0.05) is 11.6 Å². The molecule has 1 heterocycles. The van der Waals surface area contributed by atoms with Crippen molar-refractivity contribution in [2.75, 3.05) is 5.73 Å². The van der Waals surface area contributed by atoms with Gasteiger partial charge in [-0.15, -0.1) is 0 Å². The Morgan fingerprint density at radius 1 is 0.900 bits per heavy atom. The monoisotopic (exact) mass is 271 g/mol. The fourth-order valence-corrected chi connectivity index (χ4v) is 2.16. The van der Waals surface area contributed by atoms with Crippen LogP contribution >= 0.6 is 0 Å². The van der Waals surface area contributed by atoms with Crippen LogP contribution in [0, 0.1) is 11.6 Å². The van der Waals surface area contributed by atoms with Crippen LogP contribution in [0.25, 0.3) is 22.4 Å². The number of hydrogen-bond donors (Lipinski definition) is 2. The molecule has 3 N–H and O–H groups in total. The van der Waals surface area contributed by atoms with E-state index in [1.807, 2.05) is 30.3 Å². The number of halogens is 2. The Hall–Kier alpha value is -2.69. The average molecular weight is 271 g/mol. The Balaban J connectivity index is 2.22. The molecule has 100 valence electrons. The molecule has 0 saturated carbocycles. The Labute approximate surface area is 114 Å². The number of aromatic nitrogens is 2. The van der Waals surface area contributed by atoms with Gasteiger partial charge in [0.2, 0.25) is 0 Å². The van der Waals surface area contributed by atoms with Crippen molar-refractivity contribution >= 4 is 5.82 Å². The van der Waals surface area contributed by atoms with Crippen LogP contribution in [-0.4, -0.2) is 10.2 Å². The second kappa shape index (κ2) is 4.77. The summed E-state index contributed by atoms with van der Waals surface area (Å²) in [5, 5.41) is 6.74. The Bertz CT molecular complexity index is 731. The maximum absolute atomic E-state index is 13.4. The van der Waals surface area contributed by atoms with Crippen LogP contribution in [0.1, 0.15) is 0 Å². The Morgan fingerprint density at radius 2 is 1.55 bits per heavy atom. The van der Waals surface area contributed by atoms with E-state index in [1.54, 1.807) is 0 Å². The molecule has 0 aliphatic carbocycles. The van der Waals surface area contributed by atoms with Crippen molar-refractivity contribution in [1.82, 2.24) is 10.2 Å². The lowest BCUT2D eigenvalue weighted by molar-refractivity contribution is 0.584. The summed E-state index contributed by atoms with van der Waals surface area (Å²) in [6.45, 7) is 0. The highest BCUT2D eigenvalue weighted by Gasteiger charge is 2.16. The van der Waals surface area contributed by atoms with Crippen LogP contribution in [-0.2, 0) is 0 Å². The summed E-state index contributed by atoms with van der Waals surface area (Å²) >= 11 is 0. The highest BCUT2D eigenvalue weighted by molar-refractivity contribution is 5.87. The topological polar surface area (TPSA) is 54.7 Å². The predicted octanol–water partition coefficient (Wildman–Crippen LogP) is 3.60. The first kappa shape index (κ1) is 12.3. The van der Waals surface area contributed by atoms with E-state index in [0.717, 1.165) is 11.6 Å². The van der Waals surface area contributed by atoms with Gasteiger partial charge < -0.3 is 5.73 Å². The Morgan fingerprint density at radius 3 is 2.20 bits per heavy atom. The number of H-pyrrole nitrogens is 1. The maximum Gasteiger partial charge on any atom is 0.153 e. The first-order valence-corrected chi connectivity index (χ1v) is 6.01. The van der Waals surface area contributed by atoms with Gasteiger partial charge in [0.05, 0.1) is 11.3 Å². The molecule has 0 amide bonds. The third-order valence-electron chi connectivity index (χ3n) is 3.01. The summed E-state index contributed by atoms with van der Waals surface area (Å²) in [6.07, 6.45) is 0. The molecule has 3 aromatic rings. The molecular formula is C15H11F2N3. The lowest BCUT2D eigenvalue weighted by Gasteiger charge is -2.05. The SMILES string of the molecule is Nc1n[nH]c(-c2ccccc2)c1-c1cc(F)cc(F)c1. The van der Waals surface area contributed by atoms with Gasteiger partial charge in [-0.2, -0.15) is 5.10 Å². The van der Waals surface area contributed by atoms with Crippen molar-refractivity contribution in [2.45, 2.75) is 0 Å². The first-order chi connectivity index (χ1) is 9.65. The summed E-state index contributed by atoms with van der Waals surface area (Å²) in [4.78, 5) is 0. The molecule has 1 aromatic heterocycles. The standard InChI is InChI=1S/C15H11F2N3/c16-11-6-10(7-12(17)8-11)13-14(19-20-15(13)18)9-4-2-1-3-5-9/h1-8H,(H3,18,19,20). The number of nitrogens with two attached hydrogens (primary N) is 1. The molecule has 0 saturated heterocycles. The molecule has 5 heteroatoms. The number of benzene rings is 2. The minimum Gasteiger partial charge on any atom is -0.382 e. The number of hydrogen-bond acceptors (Lipinski definition) is 2. The quantitative estimate of drug-likeness (QED) is 0.748. The van der Waals surface area contributed by atoms with Crippen molar-refractivity contribution in [3.05, 3.63) is 60.2 Å². The molecular weight excluding hydrogens is 260 g/mol. The number of nitrogens with one attached hydrogen (secondary N) is 1. The zero-order valence-corrected chi connectivity index (χ0v) is 10.4. The van der Waals surface area contributed by atoms with Gasteiger partial charge >= 0.3 is 0 Å². The van der Waals surface area contributed by atoms with Gasteiger partial charge in [-0.3, -0.25) is 5.10 Å². The van der Waals surface area contributed by atoms with E-state index in [1.165, 1.54) is 12.1 Å². The van der Waals surface area contributed by atoms with Crippen LogP contribution in [0.15, 0.2) is 48.5 Å². The van der Waals surface area contributed by atoms with Crippen molar-refractivity contribution in [1.29, 1.82) is 0 Å². The molecule has 0 fully saturated rings. The summed E-state index contributed by atoms with van der Waals surface area (Å²) in [5.41, 5.74) is 8.15. The van der Waals surface area contributed by atoms with Crippen LogP contribution in [0.5, 0.6) is 0 Å². The van der Waals surface area contributed by atoms with Gasteiger partial charge in [0.25, 0.3) is 0 Å². The average Bonchev–Trinajstić information content (AvgIpc) is 2.80. The third kappa shape index (κ3) is 2.14. The van der Waals surface area contributed by atoms with E-state index >= 15 is 0 Å². The zero-order valence-electron chi connectivity index (χ0n) is 10.4. The lowest BCUT2D eigenvalue weighted by Crippen LogP contribution is -1.91. The molecule has 0 bridgehead atoms. The molecule has 0 atom stereocenters. The van der Waals surface area contributed by atoms with E-state index in [4.69, 9.17) is 5.73 Å². The fourth-order valence-electron chi connectivity index (χ4n) is 2.16. The van der Waals surface area contributed by atoms with Crippen LogP contribution < -0.4 is 5.73 Å². The Kier molecular flexibility index (Phi) is 2.95. The molecule has 0 spiro atoms. The molecule has 20 heavy (non-hydrogen) atoms. The fraction of sp³-hybridized carbons (Fsp3) is 0. The van der Waals surface area contributed by atoms with E-state index in [2.05, 4.69) is 10.2 Å². The first-order valence-electron chi connectivity index (χ1n) is 6.01. The second-order valence-electron chi connectivity index (χ2n) is 4.38. The van der Waals surface area contributed by atoms with Gasteiger partial charge in [0.1, 0.15) is 11.6 Å². The number of aromatic amines is 1. The van der Waals surface area contributed by atoms with Gasteiger partial charge in [-0.25, -0.2) is 8.78 Å². The largest absolute Gasteiger partial charge is 0.382 e. The molecule has 3 rings (SSSR count). The lowest BCUT2D eigenvalue weighted by atomic mass is 10.0. The van der Waals surface area contributed by atoms with Crippen molar-refractivity contribution in [2.24, 2.45) is 0 Å². The summed E-state index contributed by atoms with van der Waals surface area (Å²) in [7, 11) is 0. The minimum absolute atomic E-state index is 0.203. The van der Waals surface area contributed by atoms with E-state index in [9.17, 15) is 8.78 Å². The van der Waals surface area contributed by atoms with Gasteiger partial charge in [-0.1, -0.05) is 30.3 Å². The van der Waals surface area contributed by atoms with Gasteiger partial charge in [0.15, 0.2) is 5.82 Å². The highest BCUT2D eigenvalue weighted by atomic mass is 19.1. The molecule has 0 unspecified atom stereocenters. The van der Waals surface area contributed by atoms with Crippen molar-refractivity contribution in [3.63, 3.8) is 0 Å². The van der Waals surface area contributed by atoms with Crippen LogP contribution in [0.3, 0.4) is 0 Å². The minimum atomic E-state index is -0.653. The number of nitrogens with zero attached hydrogens (tertiary/aromatic N) is 1. The summed E-state index contributed by atoms with van der Waals surface area (Å²) in [6, 6.07) is 12.6. The smallest absolute Gasteiger partial charge is 0.153 e. The van der Waals surface area contributed by atoms with Crippen LogP contribution in [0.4, 0.5) is 14.6 Å². The van der Waals surface area contributed by atoms with E-state index in [0.29, 0.717) is 16.8 Å². The highest BCUT2D eigenvalue weighted by Crippen LogP contribution is 2.35. The van der Waals surface area contributed by atoms with E-state index < -0.39 is 11.6 Å². The molecule has 0 aliphatic rings. The summed E-state index contributed by atoms with van der Waals surface area (Å²) in [5.74, 6) is -1.10. The summed E-state index contributed by atoms with van der Waals surface area (Å²) < 4.78 is 26.7. The molecule has 2 aromatic carbocycles. The number of nitrogen functional groups attached to an aromatic ring is 1. The van der Waals surface area contributed by atoms with Crippen LogP contribution in [0.2, 0.25) is 0 Å². The third-order valence-corrected chi connectivity index (χ3v) is 3.01. The second-order valence-corrected chi connectivity index (χ2v) is 4.38. The van der Waals surface area contributed by atoms with Crippen molar-refractivity contribution in [3.8, 4) is 22.4 Å². The predicted molar refractivity (Wildman–Crippen MR) is 73.8 cm³/mol. The maximum atomic E-state index is 13.4. The number of anilines is 1. The molecule has 0 aliphatic heterocycles. The normalized spacial score (nSPS) is 10.7. The number of rotatable bonds is 2.